The lowest BCUT2D eigenvalue weighted by atomic mass is 10.1. The van der Waals surface area contributed by atoms with Crippen LogP contribution in [-0.2, 0) is 20.7 Å². The first kappa shape index (κ1) is 15.2. The molecule has 7 nitrogen and oxygen atoms in total. The number of ether oxygens (including phenoxy) is 2. The smallest absolute Gasteiger partial charge is 0.310 e. The number of hydrogen-bond donors (Lipinski definition) is 0. The zero-order valence-corrected chi connectivity index (χ0v) is 12.1. The Morgan fingerprint density at radius 3 is 2.95 bits per heavy atom. The highest BCUT2D eigenvalue weighted by Crippen LogP contribution is 2.27. The van der Waals surface area contributed by atoms with Crippen LogP contribution in [0.1, 0.15) is 12.5 Å². The fourth-order valence-electron chi connectivity index (χ4n) is 2.41. The molecule has 0 saturated carbocycles. The van der Waals surface area contributed by atoms with Crippen LogP contribution in [0.5, 0.6) is 0 Å². The Kier molecular flexibility index (Phi) is 4.74. The molecule has 0 aliphatic carbocycles. The van der Waals surface area contributed by atoms with Crippen molar-refractivity contribution in [2.24, 2.45) is 0 Å². The molecule has 1 atom stereocenters. The first-order valence-corrected chi connectivity index (χ1v) is 6.71. The number of nitro benzene ring substituents is 1. The quantitative estimate of drug-likeness (QED) is 0.476. The summed E-state index contributed by atoms with van der Waals surface area (Å²) in [5.41, 5.74) is 1.16. The van der Waals surface area contributed by atoms with E-state index in [1.165, 1.54) is 13.2 Å². The highest BCUT2D eigenvalue weighted by molar-refractivity contribution is 5.75. The van der Waals surface area contributed by atoms with Gasteiger partial charge in [0.1, 0.15) is 0 Å². The summed E-state index contributed by atoms with van der Waals surface area (Å²) >= 11 is 0. The van der Waals surface area contributed by atoms with Gasteiger partial charge < -0.3 is 14.4 Å². The van der Waals surface area contributed by atoms with Crippen LogP contribution >= 0.6 is 0 Å². The van der Waals surface area contributed by atoms with Gasteiger partial charge in [-0.15, -0.1) is 0 Å². The van der Waals surface area contributed by atoms with Gasteiger partial charge in [-0.05, 0) is 19.1 Å². The SMILES string of the molecule is COC(=O)Cc1cc(N2CCOC[C@H]2C)ccc1[N+](=O)[O-]. The number of benzene rings is 1. The standard InChI is InChI=1S/C14H18N2O5/c1-10-9-21-6-5-15(10)12-3-4-13(16(18)19)11(7-12)8-14(17)20-2/h3-4,7,10H,5-6,8-9H2,1-2H3/t10-/m1/s1. The molecule has 1 aliphatic heterocycles. The van der Waals surface area contributed by atoms with E-state index in [2.05, 4.69) is 9.64 Å². The molecule has 1 heterocycles. The van der Waals surface area contributed by atoms with Crippen molar-refractivity contribution in [3.05, 3.63) is 33.9 Å². The number of nitrogens with zero attached hydrogens (tertiary/aromatic N) is 2. The lowest BCUT2D eigenvalue weighted by Gasteiger charge is -2.35. The van der Waals surface area contributed by atoms with Crippen molar-refractivity contribution in [3.63, 3.8) is 0 Å². The minimum absolute atomic E-state index is 0.0648. The molecule has 114 valence electrons. The van der Waals surface area contributed by atoms with Crippen molar-refractivity contribution in [1.82, 2.24) is 0 Å². The lowest BCUT2D eigenvalue weighted by molar-refractivity contribution is -0.385. The van der Waals surface area contributed by atoms with Gasteiger partial charge in [0.05, 0.1) is 31.7 Å². The van der Waals surface area contributed by atoms with Crippen LogP contribution in [0.25, 0.3) is 0 Å². The summed E-state index contributed by atoms with van der Waals surface area (Å²) in [4.78, 5) is 24.1. The Balaban J connectivity index is 2.33. The molecule has 2 rings (SSSR count). The number of morpholine rings is 1. The molecule has 0 bridgehead atoms. The Hall–Kier alpha value is -2.15. The summed E-state index contributed by atoms with van der Waals surface area (Å²) in [6.45, 7) is 3.98. The number of nitro groups is 1. The zero-order valence-electron chi connectivity index (χ0n) is 12.1. The maximum Gasteiger partial charge on any atom is 0.310 e. The minimum atomic E-state index is -0.495. The monoisotopic (exact) mass is 294 g/mol. The molecule has 0 radical (unpaired) electrons. The van der Waals surface area contributed by atoms with E-state index in [9.17, 15) is 14.9 Å². The number of rotatable bonds is 4. The van der Waals surface area contributed by atoms with Crippen molar-refractivity contribution < 1.29 is 19.2 Å². The summed E-state index contributed by atoms with van der Waals surface area (Å²) in [6, 6.07) is 5.03. The van der Waals surface area contributed by atoms with Crippen LogP contribution in [0.2, 0.25) is 0 Å². The van der Waals surface area contributed by atoms with Crippen LogP contribution in [-0.4, -0.2) is 43.8 Å². The molecule has 0 unspecified atom stereocenters. The van der Waals surface area contributed by atoms with Gasteiger partial charge in [0.2, 0.25) is 0 Å². The molecular formula is C14H18N2O5. The van der Waals surface area contributed by atoms with E-state index < -0.39 is 10.9 Å². The van der Waals surface area contributed by atoms with Crippen LogP contribution in [0.15, 0.2) is 18.2 Å². The molecule has 1 aliphatic rings. The fourth-order valence-corrected chi connectivity index (χ4v) is 2.41. The van der Waals surface area contributed by atoms with Crippen LogP contribution in [0.3, 0.4) is 0 Å². The highest BCUT2D eigenvalue weighted by atomic mass is 16.6. The molecule has 1 fully saturated rings. The van der Waals surface area contributed by atoms with Crippen molar-refractivity contribution in [1.29, 1.82) is 0 Å². The molecule has 21 heavy (non-hydrogen) atoms. The highest BCUT2D eigenvalue weighted by Gasteiger charge is 2.23. The number of hydrogen-bond acceptors (Lipinski definition) is 6. The molecule has 0 amide bonds. The van der Waals surface area contributed by atoms with E-state index in [1.54, 1.807) is 12.1 Å². The number of carbonyl (C=O) groups is 1. The average Bonchev–Trinajstić information content (AvgIpc) is 2.47. The predicted octanol–water partition coefficient (Wildman–Crippen LogP) is 1.54. The van der Waals surface area contributed by atoms with Gasteiger partial charge in [0.15, 0.2) is 0 Å². The lowest BCUT2D eigenvalue weighted by Crippen LogP contribution is -2.43. The normalized spacial score (nSPS) is 18.4. The molecule has 0 spiro atoms. The fraction of sp³-hybridized carbons (Fsp3) is 0.500. The van der Waals surface area contributed by atoms with E-state index in [0.29, 0.717) is 18.8 Å². The molecule has 0 aromatic heterocycles. The number of esters is 1. The average molecular weight is 294 g/mol. The summed E-state index contributed by atoms with van der Waals surface area (Å²) in [5, 5.41) is 11.1. The maximum absolute atomic E-state index is 11.4. The van der Waals surface area contributed by atoms with Gasteiger partial charge in [-0.25, -0.2) is 0 Å². The Morgan fingerprint density at radius 1 is 1.57 bits per heavy atom. The van der Waals surface area contributed by atoms with Gasteiger partial charge in [-0.1, -0.05) is 0 Å². The Labute approximate surface area is 122 Å². The third kappa shape index (κ3) is 3.49. The van der Waals surface area contributed by atoms with Gasteiger partial charge in [-0.3, -0.25) is 14.9 Å². The minimum Gasteiger partial charge on any atom is -0.469 e. The van der Waals surface area contributed by atoms with Gasteiger partial charge in [-0.2, -0.15) is 0 Å². The van der Waals surface area contributed by atoms with Gasteiger partial charge in [0.25, 0.3) is 5.69 Å². The van der Waals surface area contributed by atoms with Crippen molar-refractivity contribution >= 4 is 17.3 Å². The molecule has 0 N–H and O–H groups in total. The topological polar surface area (TPSA) is 81.9 Å². The zero-order chi connectivity index (χ0) is 15.4. The molecular weight excluding hydrogens is 276 g/mol. The second-order valence-corrected chi connectivity index (χ2v) is 4.94. The van der Waals surface area contributed by atoms with E-state index in [0.717, 1.165) is 12.2 Å². The van der Waals surface area contributed by atoms with Gasteiger partial charge >= 0.3 is 5.97 Å². The number of anilines is 1. The van der Waals surface area contributed by atoms with E-state index in [4.69, 9.17) is 4.74 Å². The molecule has 1 aromatic carbocycles. The Bertz CT molecular complexity index is 546. The second kappa shape index (κ2) is 6.53. The van der Waals surface area contributed by atoms with E-state index >= 15 is 0 Å². The molecule has 7 heteroatoms. The summed E-state index contributed by atoms with van der Waals surface area (Å²) in [6.07, 6.45) is -0.112. The number of methoxy groups -OCH3 is 1. The third-order valence-corrected chi connectivity index (χ3v) is 3.52. The van der Waals surface area contributed by atoms with Crippen LogP contribution in [0.4, 0.5) is 11.4 Å². The Morgan fingerprint density at radius 2 is 2.33 bits per heavy atom. The largest absolute Gasteiger partial charge is 0.469 e. The third-order valence-electron chi connectivity index (χ3n) is 3.52. The summed E-state index contributed by atoms with van der Waals surface area (Å²) in [5.74, 6) is -0.495. The number of carbonyl (C=O) groups excluding carboxylic acids is 1. The summed E-state index contributed by atoms with van der Waals surface area (Å²) < 4.78 is 9.98. The van der Waals surface area contributed by atoms with Crippen LogP contribution in [0, 0.1) is 10.1 Å². The summed E-state index contributed by atoms with van der Waals surface area (Å²) in [7, 11) is 1.27. The van der Waals surface area contributed by atoms with E-state index in [1.807, 2.05) is 6.92 Å². The first-order chi connectivity index (χ1) is 10.0. The van der Waals surface area contributed by atoms with E-state index in [-0.39, 0.29) is 18.2 Å². The first-order valence-electron chi connectivity index (χ1n) is 6.71. The maximum atomic E-state index is 11.4. The van der Waals surface area contributed by atoms with Crippen molar-refractivity contribution in [2.45, 2.75) is 19.4 Å². The van der Waals surface area contributed by atoms with Crippen LogP contribution < -0.4 is 4.90 Å². The van der Waals surface area contributed by atoms with Crippen molar-refractivity contribution in [2.75, 3.05) is 31.8 Å². The molecule has 1 aromatic rings. The second-order valence-electron chi connectivity index (χ2n) is 4.94. The van der Waals surface area contributed by atoms with Crippen molar-refractivity contribution in [3.8, 4) is 0 Å². The van der Waals surface area contributed by atoms with Gasteiger partial charge in [0, 0.05) is 29.9 Å². The predicted molar refractivity (Wildman–Crippen MR) is 76.4 cm³/mol. The molecule has 1 saturated heterocycles.